The molecule has 0 bridgehead atoms. The predicted octanol–water partition coefficient (Wildman–Crippen LogP) is 1.68. The van der Waals surface area contributed by atoms with Gasteiger partial charge in [-0.25, -0.2) is 0 Å². The molecule has 1 rings (SSSR count). The number of hydrogen-bond acceptors (Lipinski definition) is 2. The van der Waals surface area contributed by atoms with Gasteiger partial charge in [-0.2, -0.15) is 0 Å². The van der Waals surface area contributed by atoms with Crippen molar-refractivity contribution in [2.75, 3.05) is 0 Å². The van der Waals surface area contributed by atoms with E-state index in [2.05, 4.69) is 5.32 Å². The highest BCUT2D eigenvalue weighted by Gasteiger charge is 2.01. The number of hydrogen-bond donors (Lipinski definition) is 2. The normalized spacial score (nSPS) is 9.69. The van der Waals surface area contributed by atoms with Gasteiger partial charge >= 0.3 is 0 Å². The summed E-state index contributed by atoms with van der Waals surface area (Å²) >= 11 is 5.71. The Morgan fingerprint density at radius 2 is 2.31 bits per heavy atom. The summed E-state index contributed by atoms with van der Waals surface area (Å²) in [4.78, 5) is 10.6. The summed E-state index contributed by atoms with van der Waals surface area (Å²) in [6.45, 7) is 1.71. The quantitative estimate of drug-likeness (QED) is 0.762. The van der Waals surface area contributed by atoms with E-state index in [1.807, 2.05) is 0 Å². The Labute approximate surface area is 81.3 Å². The van der Waals surface area contributed by atoms with Gasteiger partial charge in [0.15, 0.2) is 0 Å². The van der Waals surface area contributed by atoms with Crippen LogP contribution < -0.4 is 5.32 Å². The zero-order valence-corrected chi connectivity index (χ0v) is 7.93. The number of nitrogens with one attached hydrogen (secondary N) is 1. The molecule has 0 aliphatic rings. The van der Waals surface area contributed by atoms with Crippen LogP contribution in [0.15, 0.2) is 18.2 Å². The number of phenolic OH excluding ortho intramolecular Hbond substituents is 1. The molecule has 4 heteroatoms. The van der Waals surface area contributed by atoms with E-state index >= 15 is 0 Å². The Hall–Kier alpha value is -1.22. The number of rotatable bonds is 2. The first kappa shape index (κ1) is 9.86. The van der Waals surface area contributed by atoms with Crippen molar-refractivity contribution >= 4 is 17.5 Å². The average molecular weight is 200 g/mol. The highest BCUT2D eigenvalue weighted by molar-refractivity contribution is 6.30. The summed E-state index contributed by atoms with van der Waals surface area (Å²) in [5.74, 6) is -0.00229. The summed E-state index contributed by atoms with van der Waals surface area (Å²) in [6, 6.07) is 4.71. The zero-order valence-electron chi connectivity index (χ0n) is 7.17. The topological polar surface area (TPSA) is 49.3 Å². The molecule has 0 aromatic heterocycles. The number of aromatic hydroxyl groups is 1. The summed E-state index contributed by atoms with van der Waals surface area (Å²) in [5, 5.41) is 12.5. The van der Waals surface area contributed by atoms with E-state index in [1.54, 1.807) is 12.1 Å². The standard InChI is InChI=1S/C9H10ClNO2/c1-6(12)11-5-7-4-8(10)2-3-9(7)13/h2-4,13H,5H2,1H3,(H,11,12). The summed E-state index contributed by atoms with van der Waals surface area (Å²) < 4.78 is 0. The van der Waals surface area contributed by atoms with Crippen LogP contribution in [-0.4, -0.2) is 11.0 Å². The number of benzene rings is 1. The lowest BCUT2D eigenvalue weighted by atomic mass is 10.2. The minimum atomic E-state index is -0.139. The smallest absolute Gasteiger partial charge is 0.217 e. The minimum Gasteiger partial charge on any atom is -0.508 e. The van der Waals surface area contributed by atoms with Crippen LogP contribution >= 0.6 is 11.6 Å². The third-order valence-corrected chi connectivity index (χ3v) is 1.80. The molecule has 13 heavy (non-hydrogen) atoms. The van der Waals surface area contributed by atoms with Gasteiger partial charge in [0.2, 0.25) is 5.91 Å². The molecule has 70 valence electrons. The fourth-order valence-electron chi connectivity index (χ4n) is 0.915. The van der Waals surface area contributed by atoms with Crippen molar-refractivity contribution < 1.29 is 9.90 Å². The Balaban J connectivity index is 2.75. The molecule has 0 aliphatic heterocycles. The maximum absolute atomic E-state index is 10.6. The van der Waals surface area contributed by atoms with Gasteiger partial charge in [-0.15, -0.1) is 0 Å². The largest absolute Gasteiger partial charge is 0.508 e. The highest BCUT2D eigenvalue weighted by Crippen LogP contribution is 2.20. The van der Waals surface area contributed by atoms with Gasteiger partial charge < -0.3 is 10.4 Å². The van der Waals surface area contributed by atoms with E-state index in [1.165, 1.54) is 13.0 Å². The van der Waals surface area contributed by atoms with Crippen LogP contribution in [0.5, 0.6) is 5.75 Å². The first-order chi connectivity index (χ1) is 6.09. The van der Waals surface area contributed by atoms with Gasteiger partial charge in [0.25, 0.3) is 0 Å². The Morgan fingerprint density at radius 1 is 1.62 bits per heavy atom. The lowest BCUT2D eigenvalue weighted by Gasteiger charge is -2.05. The van der Waals surface area contributed by atoms with Gasteiger partial charge in [-0.05, 0) is 18.2 Å². The monoisotopic (exact) mass is 199 g/mol. The zero-order chi connectivity index (χ0) is 9.84. The van der Waals surface area contributed by atoms with E-state index in [9.17, 15) is 9.90 Å². The van der Waals surface area contributed by atoms with Crippen LogP contribution in [0, 0.1) is 0 Å². The molecule has 0 saturated heterocycles. The van der Waals surface area contributed by atoms with E-state index in [0.717, 1.165) is 0 Å². The second-order valence-corrected chi connectivity index (χ2v) is 3.12. The third kappa shape index (κ3) is 2.95. The molecule has 3 nitrogen and oxygen atoms in total. The Bertz CT molecular complexity index is 325. The molecule has 0 saturated carbocycles. The van der Waals surface area contributed by atoms with Crippen LogP contribution in [0.4, 0.5) is 0 Å². The molecular formula is C9H10ClNO2. The molecule has 0 radical (unpaired) electrons. The molecular weight excluding hydrogens is 190 g/mol. The number of carbonyl (C=O) groups excluding carboxylic acids is 1. The maximum atomic E-state index is 10.6. The Morgan fingerprint density at radius 3 is 2.92 bits per heavy atom. The lowest BCUT2D eigenvalue weighted by Crippen LogP contribution is -2.18. The molecule has 0 heterocycles. The molecule has 0 aliphatic carbocycles. The van der Waals surface area contributed by atoms with Crippen molar-refractivity contribution in [3.05, 3.63) is 28.8 Å². The van der Waals surface area contributed by atoms with Crippen LogP contribution in [0.3, 0.4) is 0 Å². The van der Waals surface area contributed by atoms with Crippen LogP contribution in [0.25, 0.3) is 0 Å². The number of amides is 1. The molecule has 0 spiro atoms. The molecule has 1 aromatic carbocycles. The van der Waals surface area contributed by atoms with Gasteiger partial charge in [-0.3, -0.25) is 4.79 Å². The molecule has 1 amide bonds. The second kappa shape index (κ2) is 4.14. The van der Waals surface area contributed by atoms with E-state index in [0.29, 0.717) is 17.1 Å². The Kier molecular flexibility index (Phi) is 3.14. The van der Waals surface area contributed by atoms with Crippen molar-refractivity contribution in [3.8, 4) is 5.75 Å². The lowest BCUT2D eigenvalue weighted by molar-refractivity contribution is -0.119. The molecule has 0 atom stereocenters. The molecule has 0 unspecified atom stereocenters. The number of halogens is 1. The van der Waals surface area contributed by atoms with Crippen molar-refractivity contribution in [3.63, 3.8) is 0 Å². The van der Waals surface area contributed by atoms with Crippen molar-refractivity contribution in [1.29, 1.82) is 0 Å². The second-order valence-electron chi connectivity index (χ2n) is 2.68. The van der Waals surface area contributed by atoms with Gasteiger partial charge in [-0.1, -0.05) is 11.6 Å². The van der Waals surface area contributed by atoms with Crippen LogP contribution in [0.2, 0.25) is 5.02 Å². The van der Waals surface area contributed by atoms with Gasteiger partial charge in [0, 0.05) is 24.1 Å². The molecule has 0 fully saturated rings. The van der Waals surface area contributed by atoms with Crippen molar-refractivity contribution in [2.24, 2.45) is 0 Å². The summed E-state index contributed by atoms with van der Waals surface area (Å²) in [7, 11) is 0. The summed E-state index contributed by atoms with van der Waals surface area (Å²) in [5.41, 5.74) is 0.614. The fraction of sp³-hybridized carbons (Fsp3) is 0.222. The van der Waals surface area contributed by atoms with Gasteiger partial charge in [0.05, 0.1) is 0 Å². The molecule has 2 N–H and O–H groups in total. The van der Waals surface area contributed by atoms with Crippen molar-refractivity contribution in [1.82, 2.24) is 5.32 Å². The van der Waals surface area contributed by atoms with E-state index in [-0.39, 0.29) is 11.7 Å². The van der Waals surface area contributed by atoms with Crippen LogP contribution in [0.1, 0.15) is 12.5 Å². The van der Waals surface area contributed by atoms with Crippen LogP contribution in [-0.2, 0) is 11.3 Å². The van der Waals surface area contributed by atoms with Gasteiger partial charge in [0.1, 0.15) is 5.75 Å². The summed E-state index contributed by atoms with van der Waals surface area (Å²) in [6.07, 6.45) is 0. The maximum Gasteiger partial charge on any atom is 0.217 e. The predicted molar refractivity (Wildman–Crippen MR) is 50.6 cm³/mol. The number of carbonyl (C=O) groups is 1. The SMILES string of the molecule is CC(=O)NCc1cc(Cl)ccc1O. The molecule has 1 aromatic rings. The average Bonchev–Trinajstić information content (AvgIpc) is 2.06. The third-order valence-electron chi connectivity index (χ3n) is 1.57. The first-order valence-corrected chi connectivity index (χ1v) is 4.19. The van der Waals surface area contributed by atoms with E-state index < -0.39 is 0 Å². The minimum absolute atomic E-state index is 0.137. The highest BCUT2D eigenvalue weighted by atomic mass is 35.5. The fourth-order valence-corrected chi connectivity index (χ4v) is 1.11. The number of phenols is 1. The van der Waals surface area contributed by atoms with Crippen molar-refractivity contribution in [2.45, 2.75) is 13.5 Å². The first-order valence-electron chi connectivity index (χ1n) is 3.81. The van der Waals surface area contributed by atoms with E-state index in [4.69, 9.17) is 11.6 Å².